The molecule has 0 saturated heterocycles. The third kappa shape index (κ3) is 3.79. The van der Waals surface area contributed by atoms with Gasteiger partial charge in [0.1, 0.15) is 0 Å². The number of rotatable bonds is 4. The fourth-order valence-electron chi connectivity index (χ4n) is 3.34. The molecule has 1 fully saturated rings. The zero-order valence-corrected chi connectivity index (χ0v) is 15.2. The van der Waals surface area contributed by atoms with E-state index in [4.69, 9.17) is 16.3 Å². The van der Waals surface area contributed by atoms with Crippen molar-refractivity contribution in [2.45, 2.75) is 44.7 Å². The van der Waals surface area contributed by atoms with Crippen molar-refractivity contribution in [3.05, 3.63) is 40.4 Å². The highest BCUT2D eigenvalue weighted by Gasteiger charge is 2.32. The Kier molecular flexibility index (Phi) is 5.27. The van der Waals surface area contributed by atoms with Crippen LogP contribution in [0.2, 0.25) is 5.02 Å². The van der Waals surface area contributed by atoms with Gasteiger partial charge in [-0.15, -0.1) is 10.2 Å². The second-order valence-corrected chi connectivity index (χ2v) is 6.97. The van der Waals surface area contributed by atoms with Gasteiger partial charge in [0, 0.05) is 10.6 Å². The number of hydrogen-bond acceptors (Lipinski definition) is 6. The summed E-state index contributed by atoms with van der Waals surface area (Å²) in [5, 5.41) is 15.6. The first-order chi connectivity index (χ1) is 12.0. The average molecular weight is 361 g/mol. The molecule has 1 aromatic rings. The predicted octanol–water partition coefficient (Wildman–Crippen LogP) is 5.48. The number of nitrogens with zero attached hydrogens (tertiary/aromatic N) is 4. The van der Waals surface area contributed by atoms with E-state index in [1.807, 2.05) is 18.2 Å². The van der Waals surface area contributed by atoms with Crippen molar-refractivity contribution in [1.29, 1.82) is 0 Å². The minimum absolute atomic E-state index is 0.346. The molecule has 0 bridgehead atoms. The Morgan fingerprint density at radius 2 is 1.92 bits per heavy atom. The van der Waals surface area contributed by atoms with Gasteiger partial charge in [-0.05, 0) is 47.8 Å². The lowest BCUT2D eigenvalue weighted by molar-refractivity contribution is -0.133. The summed E-state index contributed by atoms with van der Waals surface area (Å²) in [4.78, 5) is 12.3. The van der Waals surface area contributed by atoms with E-state index in [-0.39, 0.29) is 5.97 Å². The van der Waals surface area contributed by atoms with E-state index in [2.05, 4.69) is 20.7 Å². The molecule has 132 valence electrons. The van der Waals surface area contributed by atoms with Crippen LogP contribution in [0.4, 0.5) is 0 Å². The quantitative estimate of drug-likeness (QED) is 0.526. The van der Waals surface area contributed by atoms with Crippen LogP contribution in [0, 0.1) is 5.92 Å². The molecule has 1 heterocycles. The van der Waals surface area contributed by atoms with Crippen LogP contribution >= 0.6 is 11.6 Å². The van der Waals surface area contributed by atoms with Gasteiger partial charge >= 0.3 is 5.97 Å². The highest BCUT2D eigenvalue weighted by atomic mass is 35.5. The van der Waals surface area contributed by atoms with Crippen LogP contribution in [0.5, 0.6) is 0 Å². The van der Waals surface area contributed by atoms with Gasteiger partial charge in [0.15, 0.2) is 0 Å². The molecule has 0 N–H and O–H groups in total. The van der Waals surface area contributed by atoms with Gasteiger partial charge in [0.25, 0.3) is 0 Å². The summed E-state index contributed by atoms with van der Waals surface area (Å²) in [5.74, 6) is 0.0529. The molecule has 1 saturated carbocycles. The fourth-order valence-corrected chi connectivity index (χ4v) is 3.70. The molecular weight excluding hydrogens is 340 g/mol. The summed E-state index contributed by atoms with van der Waals surface area (Å²) in [6.07, 6.45) is 7.90. The molecule has 0 aromatic heterocycles. The molecule has 0 radical (unpaired) electrons. The highest BCUT2D eigenvalue weighted by molar-refractivity contribution is 6.32. The molecule has 1 aromatic carbocycles. The number of allylic oxidation sites excluding steroid dienone is 1. The lowest BCUT2D eigenvalue weighted by atomic mass is 9.86. The van der Waals surface area contributed by atoms with Crippen LogP contribution in [-0.4, -0.2) is 13.1 Å². The first-order valence-electron chi connectivity index (χ1n) is 8.48. The van der Waals surface area contributed by atoms with Gasteiger partial charge in [0.05, 0.1) is 12.7 Å². The molecule has 0 atom stereocenters. The van der Waals surface area contributed by atoms with Crippen molar-refractivity contribution in [2.24, 2.45) is 26.6 Å². The summed E-state index contributed by atoms with van der Waals surface area (Å²) in [5.41, 5.74) is 1.09. The molecular formula is C18H21ClN4O2. The summed E-state index contributed by atoms with van der Waals surface area (Å²) in [6.45, 7) is 1.78. The van der Waals surface area contributed by atoms with E-state index < -0.39 is 5.66 Å². The van der Waals surface area contributed by atoms with Crippen molar-refractivity contribution < 1.29 is 9.53 Å². The maximum absolute atomic E-state index is 12.3. The molecule has 1 aliphatic carbocycles. The van der Waals surface area contributed by atoms with Crippen molar-refractivity contribution in [2.75, 3.05) is 7.11 Å². The standard InChI is InChI=1S/C18H21ClN4O2/c1-18(20-22-23-21-18)15-9-8-13(11-16(15)19)14(17(24)25-2)10-12-6-4-3-5-7-12/h8-12H,3-7H2,1-2H3/b14-10+. The molecule has 6 nitrogen and oxygen atoms in total. The largest absolute Gasteiger partial charge is 0.465 e. The number of methoxy groups -OCH3 is 1. The number of ether oxygens (including phenoxy) is 1. The van der Waals surface area contributed by atoms with Crippen molar-refractivity contribution in [3.8, 4) is 0 Å². The van der Waals surface area contributed by atoms with E-state index in [1.165, 1.54) is 26.4 Å². The summed E-state index contributed by atoms with van der Waals surface area (Å²) < 4.78 is 4.98. The Morgan fingerprint density at radius 1 is 1.24 bits per heavy atom. The van der Waals surface area contributed by atoms with Gasteiger partial charge in [-0.3, -0.25) is 0 Å². The van der Waals surface area contributed by atoms with Crippen LogP contribution in [-0.2, 0) is 15.2 Å². The molecule has 0 amide bonds. The van der Waals surface area contributed by atoms with Gasteiger partial charge < -0.3 is 4.74 Å². The molecule has 25 heavy (non-hydrogen) atoms. The number of hydrogen-bond donors (Lipinski definition) is 0. The Hall–Kier alpha value is -2.08. The zero-order valence-electron chi connectivity index (χ0n) is 14.4. The van der Waals surface area contributed by atoms with E-state index >= 15 is 0 Å². The van der Waals surface area contributed by atoms with Crippen molar-refractivity contribution in [3.63, 3.8) is 0 Å². The van der Waals surface area contributed by atoms with Gasteiger partial charge in [-0.1, -0.05) is 49.1 Å². The van der Waals surface area contributed by atoms with Crippen LogP contribution in [0.15, 0.2) is 45.0 Å². The van der Waals surface area contributed by atoms with Gasteiger partial charge in [-0.25, -0.2) is 4.79 Å². The molecule has 3 rings (SSSR count). The molecule has 7 heteroatoms. The average Bonchev–Trinajstić information content (AvgIpc) is 3.07. The third-order valence-electron chi connectivity index (χ3n) is 4.77. The Labute approximate surface area is 152 Å². The molecule has 2 aliphatic rings. The van der Waals surface area contributed by atoms with Crippen LogP contribution < -0.4 is 0 Å². The van der Waals surface area contributed by atoms with Crippen LogP contribution in [0.1, 0.15) is 50.2 Å². The maximum Gasteiger partial charge on any atom is 0.338 e. The monoisotopic (exact) mass is 360 g/mol. The minimum atomic E-state index is -0.909. The van der Waals surface area contributed by atoms with E-state index in [1.54, 1.807) is 13.0 Å². The lowest BCUT2D eigenvalue weighted by Gasteiger charge is -2.20. The summed E-state index contributed by atoms with van der Waals surface area (Å²) in [6, 6.07) is 5.43. The van der Waals surface area contributed by atoms with Crippen LogP contribution in [0.25, 0.3) is 5.57 Å². The number of benzene rings is 1. The minimum Gasteiger partial charge on any atom is -0.465 e. The van der Waals surface area contributed by atoms with Crippen LogP contribution in [0.3, 0.4) is 0 Å². The van der Waals surface area contributed by atoms with Gasteiger partial charge in [0.2, 0.25) is 5.66 Å². The van der Waals surface area contributed by atoms with Crippen molar-refractivity contribution >= 4 is 23.1 Å². The number of esters is 1. The van der Waals surface area contributed by atoms with E-state index in [0.717, 1.165) is 18.4 Å². The Balaban J connectivity index is 1.95. The molecule has 1 aliphatic heterocycles. The second-order valence-electron chi connectivity index (χ2n) is 6.56. The van der Waals surface area contributed by atoms with E-state index in [0.29, 0.717) is 22.1 Å². The normalized spacial score (nSPS) is 20.0. The fraction of sp³-hybridized carbons (Fsp3) is 0.500. The first kappa shape index (κ1) is 17.7. The SMILES string of the molecule is COC(=O)/C(=C/C1CCCCC1)c1ccc(C2(C)N=NN=N2)c(Cl)c1. The smallest absolute Gasteiger partial charge is 0.338 e. The summed E-state index contributed by atoms with van der Waals surface area (Å²) in [7, 11) is 1.40. The maximum atomic E-state index is 12.3. The molecule has 0 unspecified atom stereocenters. The number of halogens is 1. The Bertz CT molecular complexity index is 739. The van der Waals surface area contributed by atoms with Gasteiger partial charge in [-0.2, -0.15) is 0 Å². The predicted molar refractivity (Wildman–Crippen MR) is 95.1 cm³/mol. The van der Waals surface area contributed by atoms with Crippen molar-refractivity contribution in [1.82, 2.24) is 0 Å². The molecule has 0 spiro atoms. The first-order valence-corrected chi connectivity index (χ1v) is 8.86. The van der Waals surface area contributed by atoms with E-state index in [9.17, 15) is 4.79 Å². The highest BCUT2D eigenvalue weighted by Crippen LogP contribution is 2.38. The Morgan fingerprint density at radius 3 is 2.52 bits per heavy atom. The zero-order chi connectivity index (χ0) is 17.9. The third-order valence-corrected chi connectivity index (χ3v) is 5.08. The second kappa shape index (κ2) is 7.44. The lowest BCUT2D eigenvalue weighted by Crippen LogP contribution is -2.14. The summed E-state index contributed by atoms with van der Waals surface area (Å²) >= 11 is 6.45. The number of carbonyl (C=O) groups excluding carboxylic acids is 1. The topological polar surface area (TPSA) is 75.7 Å². The number of carbonyl (C=O) groups is 1.